The van der Waals surface area contributed by atoms with E-state index in [1.165, 1.54) is 25.7 Å². The Balaban J connectivity index is 1.71. The molecule has 1 saturated heterocycles. The third kappa shape index (κ3) is 4.56. The van der Waals surface area contributed by atoms with Gasteiger partial charge in [-0.1, -0.05) is 25.7 Å². The van der Waals surface area contributed by atoms with Crippen molar-refractivity contribution in [3.8, 4) is 0 Å². The predicted octanol–water partition coefficient (Wildman–Crippen LogP) is 2.53. The highest BCUT2D eigenvalue weighted by Gasteiger charge is 2.34. The van der Waals surface area contributed by atoms with Gasteiger partial charge in [0.05, 0.1) is 5.60 Å². The minimum atomic E-state index is -0.147. The van der Waals surface area contributed by atoms with Crippen molar-refractivity contribution in [2.75, 3.05) is 25.2 Å². The molecule has 2 fully saturated rings. The van der Waals surface area contributed by atoms with E-state index in [1.54, 1.807) is 7.11 Å². The van der Waals surface area contributed by atoms with Crippen LogP contribution in [0.4, 0.5) is 4.79 Å². The van der Waals surface area contributed by atoms with Gasteiger partial charge in [0, 0.05) is 25.4 Å². The zero-order valence-corrected chi connectivity index (χ0v) is 12.7. The summed E-state index contributed by atoms with van der Waals surface area (Å²) < 4.78 is 5.60. The van der Waals surface area contributed by atoms with Crippen LogP contribution < -0.4 is 10.6 Å². The molecule has 1 unspecified atom stereocenters. The first kappa shape index (κ1) is 15.0. The Morgan fingerprint density at radius 1 is 1.32 bits per heavy atom. The summed E-state index contributed by atoms with van der Waals surface area (Å²) in [5.41, 5.74) is -0.147. The van der Waals surface area contributed by atoms with E-state index in [0.717, 1.165) is 30.8 Å². The van der Waals surface area contributed by atoms with Gasteiger partial charge in [-0.05, 0) is 25.0 Å². The average molecular weight is 286 g/mol. The van der Waals surface area contributed by atoms with Crippen molar-refractivity contribution in [1.82, 2.24) is 10.6 Å². The maximum absolute atomic E-state index is 12.0. The highest BCUT2D eigenvalue weighted by atomic mass is 32.2. The summed E-state index contributed by atoms with van der Waals surface area (Å²) >= 11 is 1.90. The van der Waals surface area contributed by atoms with Crippen molar-refractivity contribution >= 4 is 17.8 Å². The molecule has 0 aromatic carbocycles. The summed E-state index contributed by atoms with van der Waals surface area (Å²) in [6.45, 7) is 0.620. The molecular formula is C14H26N2O2S. The van der Waals surface area contributed by atoms with Crippen molar-refractivity contribution in [3.63, 3.8) is 0 Å². The normalized spacial score (nSPS) is 28.9. The molecule has 1 aliphatic heterocycles. The minimum Gasteiger partial charge on any atom is -0.376 e. The van der Waals surface area contributed by atoms with Gasteiger partial charge < -0.3 is 15.4 Å². The molecule has 0 bridgehead atoms. The van der Waals surface area contributed by atoms with Crippen LogP contribution in [0.2, 0.25) is 0 Å². The van der Waals surface area contributed by atoms with Crippen LogP contribution in [0.3, 0.4) is 0 Å². The lowest BCUT2D eigenvalue weighted by molar-refractivity contribution is 0.0157. The average Bonchev–Trinajstić information content (AvgIpc) is 2.75. The number of carbonyl (C=O) groups is 1. The molecule has 1 atom stereocenters. The van der Waals surface area contributed by atoms with Gasteiger partial charge in [-0.2, -0.15) is 11.8 Å². The molecule has 19 heavy (non-hydrogen) atoms. The first-order valence-electron chi connectivity index (χ1n) is 7.41. The lowest BCUT2D eigenvalue weighted by Gasteiger charge is -2.27. The topological polar surface area (TPSA) is 50.4 Å². The number of nitrogens with one attached hydrogen (secondary N) is 2. The maximum Gasteiger partial charge on any atom is 0.315 e. The quantitative estimate of drug-likeness (QED) is 0.781. The molecule has 5 heteroatoms. The summed E-state index contributed by atoms with van der Waals surface area (Å²) in [7, 11) is 1.75. The summed E-state index contributed by atoms with van der Waals surface area (Å²) in [5.74, 6) is 2.10. The van der Waals surface area contributed by atoms with Crippen LogP contribution in [0.25, 0.3) is 0 Å². The SMILES string of the molecule is COC1(CNC(=O)NC2CCCCCC2)CCSC1. The molecule has 1 heterocycles. The predicted molar refractivity (Wildman–Crippen MR) is 79.7 cm³/mol. The molecule has 4 nitrogen and oxygen atoms in total. The van der Waals surface area contributed by atoms with Crippen molar-refractivity contribution in [2.24, 2.45) is 0 Å². The second-order valence-electron chi connectivity index (χ2n) is 5.71. The smallest absolute Gasteiger partial charge is 0.315 e. The molecule has 1 aliphatic carbocycles. The number of methoxy groups -OCH3 is 1. The first-order chi connectivity index (χ1) is 9.24. The Morgan fingerprint density at radius 3 is 2.63 bits per heavy atom. The Kier molecular flexibility index (Phi) is 5.82. The number of amides is 2. The van der Waals surface area contributed by atoms with E-state index in [0.29, 0.717) is 12.6 Å². The lowest BCUT2D eigenvalue weighted by Crippen LogP contribution is -2.49. The van der Waals surface area contributed by atoms with Gasteiger partial charge in [-0.3, -0.25) is 0 Å². The van der Waals surface area contributed by atoms with E-state index in [2.05, 4.69) is 10.6 Å². The van der Waals surface area contributed by atoms with E-state index < -0.39 is 0 Å². The van der Waals surface area contributed by atoms with E-state index in [-0.39, 0.29) is 11.6 Å². The van der Waals surface area contributed by atoms with Crippen molar-refractivity contribution in [1.29, 1.82) is 0 Å². The highest BCUT2D eigenvalue weighted by Crippen LogP contribution is 2.30. The Morgan fingerprint density at radius 2 is 2.05 bits per heavy atom. The fraction of sp³-hybridized carbons (Fsp3) is 0.929. The van der Waals surface area contributed by atoms with Crippen molar-refractivity contribution in [2.45, 2.75) is 56.6 Å². The molecule has 2 rings (SSSR count). The van der Waals surface area contributed by atoms with Crippen LogP contribution in [0.1, 0.15) is 44.9 Å². The molecular weight excluding hydrogens is 260 g/mol. The molecule has 0 spiro atoms. The van der Waals surface area contributed by atoms with Crippen LogP contribution in [0.5, 0.6) is 0 Å². The van der Waals surface area contributed by atoms with Gasteiger partial charge in [0.1, 0.15) is 0 Å². The van der Waals surface area contributed by atoms with Crippen LogP contribution in [0, 0.1) is 0 Å². The molecule has 1 saturated carbocycles. The number of hydrogen-bond donors (Lipinski definition) is 2. The monoisotopic (exact) mass is 286 g/mol. The molecule has 110 valence electrons. The standard InChI is InChI=1S/C14H26N2O2S/c1-18-14(8-9-19-11-14)10-15-13(17)16-12-6-4-2-3-5-7-12/h12H,2-11H2,1H3,(H2,15,16,17). The number of rotatable bonds is 4. The van der Waals surface area contributed by atoms with Gasteiger partial charge >= 0.3 is 6.03 Å². The molecule has 0 aromatic heterocycles. The number of carbonyl (C=O) groups excluding carboxylic acids is 1. The minimum absolute atomic E-state index is 0.0276. The van der Waals surface area contributed by atoms with Crippen LogP contribution in [-0.4, -0.2) is 42.8 Å². The van der Waals surface area contributed by atoms with E-state index in [4.69, 9.17) is 4.74 Å². The molecule has 2 N–H and O–H groups in total. The molecule has 0 aromatic rings. The Bertz CT molecular complexity index is 285. The first-order valence-corrected chi connectivity index (χ1v) is 8.57. The lowest BCUT2D eigenvalue weighted by atomic mass is 10.0. The van der Waals surface area contributed by atoms with Gasteiger partial charge in [-0.25, -0.2) is 4.79 Å². The second kappa shape index (κ2) is 7.39. The zero-order chi connectivity index (χ0) is 13.6. The summed E-state index contributed by atoms with van der Waals surface area (Å²) in [4.78, 5) is 12.0. The fourth-order valence-electron chi connectivity index (χ4n) is 2.86. The largest absolute Gasteiger partial charge is 0.376 e. The summed E-state index contributed by atoms with van der Waals surface area (Å²) in [5, 5.41) is 6.11. The summed E-state index contributed by atoms with van der Waals surface area (Å²) in [6, 6.07) is 0.333. The van der Waals surface area contributed by atoms with Gasteiger partial charge in [0.25, 0.3) is 0 Å². The molecule has 2 amide bonds. The third-order valence-corrected chi connectivity index (χ3v) is 5.48. The fourth-order valence-corrected chi connectivity index (χ4v) is 4.26. The van der Waals surface area contributed by atoms with Crippen molar-refractivity contribution in [3.05, 3.63) is 0 Å². The Hall–Kier alpha value is -0.420. The molecule has 0 radical (unpaired) electrons. The number of ether oxygens (including phenoxy) is 1. The highest BCUT2D eigenvalue weighted by molar-refractivity contribution is 7.99. The number of urea groups is 1. The van der Waals surface area contributed by atoms with Crippen molar-refractivity contribution < 1.29 is 9.53 Å². The van der Waals surface area contributed by atoms with Crippen LogP contribution >= 0.6 is 11.8 Å². The van der Waals surface area contributed by atoms with E-state index in [1.807, 2.05) is 11.8 Å². The number of hydrogen-bond acceptors (Lipinski definition) is 3. The Labute approximate surface area is 120 Å². The van der Waals surface area contributed by atoms with E-state index in [9.17, 15) is 4.79 Å². The molecule has 2 aliphatic rings. The second-order valence-corrected chi connectivity index (χ2v) is 6.81. The van der Waals surface area contributed by atoms with Gasteiger partial charge in [0.15, 0.2) is 0 Å². The van der Waals surface area contributed by atoms with Gasteiger partial charge in [-0.15, -0.1) is 0 Å². The maximum atomic E-state index is 12.0. The van der Waals surface area contributed by atoms with Crippen LogP contribution in [0.15, 0.2) is 0 Å². The third-order valence-electron chi connectivity index (χ3n) is 4.26. The zero-order valence-electron chi connectivity index (χ0n) is 11.9. The van der Waals surface area contributed by atoms with Crippen LogP contribution in [-0.2, 0) is 4.74 Å². The van der Waals surface area contributed by atoms with Gasteiger partial charge in [0.2, 0.25) is 0 Å². The summed E-state index contributed by atoms with van der Waals surface area (Å²) in [6.07, 6.45) is 8.37. The van der Waals surface area contributed by atoms with E-state index >= 15 is 0 Å². The number of thioether (sulfide) groups is 1.